The fraction of sp³-hybridized carbons (Fsp3) is 0.667. The maximum absolute atomic E-state index is 9.92. The Morgan fingerprint density at radius 1 is 1.41 bits per heavy atom. The SMILES string of the molecule is CCc1c(Cl)ncnc1NC1CCCCC1O. The number of hydrogen-bond donors (Lipinski definition) is 2. The Hall–Kier alpha value is -0.870. The van der Waals surface area contributed by atoms with Crippen LogP contribution in [0.2, 0.25) is 5.15 Å². The first-order valence-electron chi connectivity index (χ1n) is 6.16. The Morgan fingerprint density at radius 3 is 2.88 bits per heavy atom. The van der Waals surface area contributed by atoms with Crippen LogP contribution in [0.15, 0.2) is 6.33 Å². The quantitative estimate of drug-likeness (QED) is 0.815. The lowest BCUT2D eigenvalue weighted by Crippen LogP contribution is -2.36. The fourth-order valence-corrected chi connectivity index (χ4v) is 2.55. The molecule has 0 bridgehead atoms. The topological polar surface area (TPSA) is 58.0 Å². The van der Waals surface area contributed by atoms with E-state index < -0.39 is 0 Å². The predicted octanol–water partition coefficient (Wildman–Crippen LogP) is 2.41. The Morgan fingerprint density at radius 2 is 2.18 bits per heavy atom. The van der Waals surface area contributed by atoms with E-state index in [1.165, 1.54) is 6.33 Å². The molecule has 2 N–H and O–H groups in total. The Kier molecular flexibility index (Phi) is 4.18. The summed E-state index contributed by atoms with van der Waals surface area (Å²) in [5.41, 5.74) is 0.923. The van der Waals surface area contributed by atoms with Gasteiger partial charge in [0.1, 0.15) is 17.3 Å². The Bertz CT molecular complexity index is 386. The van der Waals surface area contributed by atoms with Gasteiger partial charge in [-0.25, -0.2) is 9.97 Å². The van der Waals surface area contributed by atoms with E-state index in [0.29, 0.717) is 5.15 Å². The Balaban J connectivity index is 2.14. The maximum atomic E-state index is 9.92. The Labute approximate surface area is 106 Å². The van der Waals surface area contributed by atoms with Crippen LogP contribution in [-0.4, -0.2) is 27.2 Å². The van der Waals surface area contributed by atoms with Gasteiger partial charge < -0.3 is 10.4 Å². The lowest BCUT2D eigenvalue weighted by Gasteiger charge is -2.29. The van der Waals surface area contributed by atoms with E-state index in [2.05, 4.69) is 15.3 Å². The van der Waals surface area contributed by atoms with Crippen LogP contribution in [0.5, 0.6) is 0 Å². The van der Waals surface area contributed by atoms with Crippen molar-refractivity contribution in [3.05, 3.63) is 17.0 Å². The van der Waals surface area contributed by atoms with Crippen molar-refractivity contribution in [2.75, 3.05) is 5.32 Å². The third kappa shape index (κ3) is 2.87. The molecule has 0 spiro atoms. The van der Waals surface area contributed by atoms with E-state index in [0.717, 1.165) is 43.5 Å². The molecule has 1 aromatic heterocycles. The first-order valence-corrected chi connectivity index (χ1v) is 6.54. The molecule has 94 valence electrons. The minimum Gasteiger partial charge on any atom is -0.391 e. The van der Waals surface area contributed by atoms with Gasteiger partial charge in [0.25, 0.3) is 0 Å². The average molecular weight is 256 g/mol. The van der Waals surface area contributed by atoms with Gasteiger partial charge in [0.15, 0.2) is 0 Å². The van der Waals surface area contributed by atoms with Gasteiger partial charge in [-0.1, -0.05) is 31.4 Å². The molecule has 2 atom stereocenters. The van der Waals surface area contributed by atoms with E-state index in [-0.39, 0.29) is 12.1 Å². The van der Waals surface area contributed by atoms with E-state index in [9.17, 15) is 5.11 Å². The molecule has 1 fully saturated rings. The summed E-state index contributed by atoms with van der Waals surface area (Å²) in [5, 5.41) is 13.7. The van der Waals surface area contributed by atoms with Gasteiger partial charge in [0, 0.05) is 5.56 Å². The van der Waals surface area contributed by atoms with E-state index in [1.54, 1.807) is 0 Å². The first-order chi connectivity index (χ1) is 8.22. The summed E-state index contributed by atoms with van der Waals surface area (Å²) >= 11 is 6.03. The highest BCUT2D eigenvalue weighted by atomic mass is 35.5. The number of nitrogens with one attached hydrogen (secondary N) is 1. The van der Waals surface area contributed by atoms with Crippen molar-refractivity contribution in [2.45, 2.75) is 51.2 Å². The fourth-order valence-electron chi connectivity index (χ4n) is 2.28. The van der Waals surface area contributed by atoms with Crippen LogP contribution in [0, 0.1) is 0 Å². The summed E-state index contributed by atoms with van der Waals surface area (Å²) < 4.78 is 0. The second-order valence-electron chi connectivity index (χ2n) is 4.45. The van der Waals surface area contributed by atoms with Crippen molar-refractivity contribution >= 4 is 17.4 Å². The molecule has 1 aliphatic rings. The summed E-state index contributed by atoms with van der Waals surface area (Å²) in [6.07, 6.45) is 6.04. The number of aromatic nitrogens is 2. The number of halogens is 1. The molecule has 0 saturated heterocycles. The van der Waals surface area contributed by atoms with Gasteiger partial charge in [-0.05, 0) is 19.3 Å². The van der Waals surface area contributed by atoms with Crippen LogP contribution < -0.4 is 5.32 Å². The van der Waals surface area contributed by atoms with Crippen molar-refractivity contribution in [2.24, 2.45) is 0 Å². The zero-order chi connectivity index (χ0) is 12.3. The number of anilines is 1. The van der Waals surface area contributed by atoms with Gasteiger partial charge >= 0.3 is 0 Å². The molecular weight excluding hydrogens is 238 g/mol. The number of rotatable bonds is 3. The molecule has 1 aliphatic carbocycles. The highest BCUT2D eigenvalue weighted by Gasteiger charge is 2.24. The van der Waals surface area contributed by atoms with Crippen LogP contribution in [0.1, 0.15) is 38.2 Å². The molecule has 0 amide bonds. The first kappa shape index (κ1) is 12.6. The van der Waals surface area contributed by atoms with Crippen molar-refractivity contribution in [3.8, 4) is 0 Å². The van der Waals surface area contributed by atoms with Crippen LogP contribution in [0.25, 0.3) is 0 Å². The van der Waals surface area contributed by atoms with Gasteiger partial charge in [-0.2, -0.15) is 0 Å². The summed E-state index contributed by atoms with van der Waals surface area (Å²) in [5.74, 6) is 0.762. The maximum Gasteiger partial charge on any atom is 0.137 e. The minimum absolute atomic E-state index is 0.0833. The zero-order valence-corrected chi connectivity index (χ0v) is 10.7. The molecule has 0 aromatic carbocycles. The standard InChI is InChI=1S/C12H18ClN3O/c1-2-8-11(13)14-7-15-12(8)16-9-5-3-4-6-10(9)17/h7,9-10,17H,2-6H2,1H3,(H,14,15,16). The molecule has 17 heavy (non-hydrogen) atoms. The zero-order valence-electron chi connectivity index (χ0n) is 9.99. The van der Waals surface area contributed by atoms with E-state index >= 15 is 0 Å². The molecule has 4 nitrogen and oxygen atoms in total. The normalized spacial score (nSPS) is 24.6. The van der Waals surface area contributed by atoms with E-state index in [4.69, 9.17) is 11.6 Å². The molecule has 2 rings (SSSR count). The molecule has 0 radical (unpaired) electrons. The lowest BCUT2D eigenvalue weighted by atomic mass is 9.92. The monoisotopic (exact) mass is 255 g/mol. The third-order valence-electron chi connectivity index (χ3n) is 3.30. The van der Waals surface area contributed by atoms with Crippen LogP contribution in [0.4, 0.5) is 5.82 Å². The van der Waals surface area contributed by atoms with Gasteiger partial charge in [-0.3, -0.25) is 0 Å². The van der Waals surface area contributed by atoms with Crippen molar-refractivity contribution in [3.63, 3.8) is 0 Å². The largest absolute Gasteiger partial charge is 0.391 e. The summed E-state index contributed by atoms with van der Waals surface area (Å²) in [6.45, 7) is 2.02. The van der Waals surface area contributed by atoms with Crippen molar-refractivity contribution < 1.29 is 5.11 Å². The molecule has 0 aliphatic heterocycles. The molecular formula is C12H18ClN3O. The predicted molar refractivity (Wildman–Crippen MR) is 68.3 cm³/mol. The molecule has 5 heteroatoms. The van der Waals surface area contributed by atoms with E-state index in [1.807, 2.05) is 6.92 Å². The smallest absolute Gasteiger partial charge is 0.137 e. The molecule has 1 aromatic rings. The summed E-state index contributed by atoms with van der Waals surface area (Å²) in [6, 6.07) is 0.0833. The molecule has 1 heterocycles. The lowest BCUT2D eigenvalue weighted by molar-refractivity contribution is 0.116. The van der Waals surface area contributed by atoms with Crippen LogP contribution >= 0.6 is 11.6 Å². The summed E-state index contributed by atoms with van der Waals surface area (Å²) in [7, 11) is 0. The number of nitrogens with zero attached hydrogens (tertiary/aromatic N) is 2. The minimum atomic E-state index is -0.290. The number of hydrogen-bond acceptors (Lipinski definition) is 4. The third-order valence-corrected chi connectivity index (χ3v) is 3.62. The van der Waals surface area contributed by atoms with Crippen molar-refractivity contribution in [1.29, 1.82) is 0 Å². The number of aliphatic hydroxyl groups excluding tert-OH is 1. The van der Waals surface area contributed by atoms with Crippen LogP contribution in [0.3, 0.4) is 0 Å². The molecule has 2 unspecified atom stereocenters. The average Bonchev–Trinajstić information content (AvgIpc) is 2.32. The highest BCUT2D eigenvalue weighted by Crippen LogP contribution is 2.25. The van der Waals surface area contributed by atoms with Crippen LogP contribution in [-0.2, 0) is 6.42 Å². The van der Waals surface area contributed by atoms with Gasteiger partial charge in [0.05, 0.1) is 12.1 Å². The summed E-state index contributed by atoms with van der Waals surface area (Å²) in [4.78, 5) is 8.20. The van der Waals surface area contributed by atoms with Gasteiger partial charge in [-0.15, -0.1) is 0 Å². The molecule has 1 saturated carbocycles. The second kappa shape index (κ2) is 5.65. The highest BCUT2D eigenvalue weighted by molar-refractivity contribution is 6.30. The second-order valence-corrected chi connectivity index (χ2v) is 4.81. The van der Waals surface area contributed by atoms with Gasteiger partial charge in [0.2, 0.25) is 0 Å². The van der Waals surface area contributed by atoms with Crippen molar-refractivity contribution in [1.82, 2.24) is 9.97 Å². The number of aliphatic hydroxyl groups is 1.